The number of amides is 1. The molecule has 1 aromatic rings. The topological polar surface area (TPSA) is 111 Å². The lowest BCUT2D eigenvalue weighted by atomic mass is 10.2. The number of nitrogens with zero attached hydrogens (tertiary/aromatic N) is 1. The molecule has 2 N–H and O–H groups in total. The van der Waals surface area contributed by atoms with Crippen LogP contribution in [-0.4, -0.2) is 42.3 Å². The second-order valence-corrected chi connectivity index (χ2v) is 4.42. The van der Waals surface area contributed by atoms with Gasteiger partial charge < -0.3 is 19.9 Å². The highest BCUT2D eigenvalue weighted by Gasteiger charge is 2.13. The average molecular weight is 298 g/mol. The lowest BCUT2D eigenvalue weighted by molar-refractivity contribution is -0.385. The largest absolute Gasteiger partial charge is 0.483 e. The zero-order chi connectivity index (χ0) is 15.8. The summed E-state index contributed by atoms with van der Waals surface area (Å²) in [4.78, 5) is 21.7. The van der Waals surface area contributed by atoms with Crippen LogP contribution in [-0.2, 0) is 16.1 Å². The van der Waals surface area contributed by atoms with E-state index >= 15 is 0 Å². The van der Waals surface area contributed by atoms with Crippen molar-refractivity contribution < 1.29 is 24.3 Å². The van der Waals surface area contributed by atoms with E-state index in [1.54, 1.807) is 6.92 Å². The van der Waals surface area contributed by atoms with E-state index in [1.807, 2.05) is 0 Å². The first-order valence-corrected chi connectivity index (χ1v) is 6.27. The Morgan fingerprint density at radius 1 is 1.52 bits per heavy atom. The lowest BCUT2D eigenvalue weighted by Gasteiger charge is -2.14. The highest BCUT2D eigenvalue weighted by Crippen LogP contribution is 2.24. The van der Waals surface area contributed by atoms with Crippen molar-refractivity contribution in [3.05, 3.63) is 33.9 Å². The Bertz CT molecular complexity index is 505. The van der Waals surface area contributed by atoms with Crippen molar-refractivity contribution in [1.29, 1.82) is 0 Å². The van der Waals surface area contributed by atoms with E-state index < -0.39 is 11.5 Å². The van der Waals surface area contributed by atoms with E-state index in [0.29, 0.717) is 6.61 Å². The molecule has 0 radical (unpaired) electrons. The average Bonchev–Trinajstić information content (AvgIpc) is 2.44. The highest BCUT2D eigenvalue weighted by molar-refractivity contribution is 5.77. The van der Waals surface area contributed by atoms with E-state index in [2.05, 4.69) is 5.32 Å². The van der Waals surface area contributed by atoms with E-state index in [0.717, 1.165) is 0 Å². The number of carbonyl (C=O) groups excluding carboxylic acids is 1. The van der Waals surface area contributed by atoms with Crippen LogP contribution >= 0.6 is 0 Å². The molecule has 0 fully saturated rings. The number of nitrogens with one attached hydrogen (secondary N) is 1. The van der Waals surface area contributed by atoms with Crippen LogP contribution in [0.2, 0.25) is 0 Å². The number of hydrogen-bond donors (Lipinski definition) is 2. The van der Waals surface area contributed by atoms with Crippen molar-refractivity contribution in [2.75, 3.05) is 20.3 Å². The molecule has 0 spiro atoms. The molecule has 21 heavy (non-hydrogen) atoms. The van der Waals surface area contributed by atoms with Gasteiger partial charge in [0.2, 0.25) is 0 Å². The molecule has 1 rings (SSSR count). The van der Waals surface area contributed by atoms with Crippen LogP contribution in [0.25, 0.3) is 0 Å². The summed E-state index contributed by atoms with van der Waals surface area (Å²) in [7, 11) is 1.53. The molecule has 0 heterocycles. The molecule has 1 atom stereocenters. The maximum atomic E-state index is 11.6. The minimum Gasteiger partial charge on any atom is -0.483 e. The van der Waals surface area contributed by atoms with Crippen molar-refractivity contribution in [3.63, 3.8) is 0 Å². The number of ether oxygens (including phenoxy) is 2. The number of non-ortho nitro benzene ring substituents is 1. The molecule has 0 bridgehead atoms. The number of benzene rings is 1. The Kier molecular flexibility index (Phi) is 6.57. The summed E-state index contributed by atoms with van der Waals surface area (Å²) in [5.74, 6) is -0.112. The molecule has 0 aromatic heterocycles. The van der Waals surface area contributed by atoms with Crippen molar-refractivity contribution in [1.82, 2.24) is 5.32 Å². The van der Waals surface area contributed by atoms with Gasteiger partial charge in [0.05, 0.1) is 18.1 Å². The first-order valence-electron chi connectivity index (χ1n) is 6.27. The maximum absolute atomic E-state index is 11.6. The molecular formula is C13H18N2O6. The van der Waals surface area contributed by atoms with Crippen molar-refractivity contribution in [2.45, 2.75) is 19.6 Å². The third kappa shape index (κ3) is 5.36. The summed E-state index contributed by atoms with van der Waals surface area (Å²) >= 11 is 0. The van der Waals surface area contributed by atoms with Gasteiger partial charge in [0.1, 0.15) is 5.75 Å². The third-order valence-electron chi connectivity index (χ3n) is 2.61. The van der Waals surface area contributed by atoms with Gasteiger partial charge in [-0.05, 0) is 13.0 Å². The Hall–Kier alpha value is -2.19. The van der Waals surface area contributed by atoms with Crippen LogP contribution in [0.15, 0.2) is 18.2 Å². The van der Waals surface area contributed by atoms with Crippen molar-refractivity contribution in [2.24, 2.45) is 0 Å². The van der Waals surface area contributed by atoms with Crippen LogP contribution in [0, 0.1) is 10.1 Å². The molecule has 8 heteroatoms. The Morgan fingerprint density at radius 3 is 2.81 bits per heavy atom. The summed E-state index contributed by atoms with van der Waals surface area (Å²) < 4.78 is 10.2. The fourth-order valence-electron chi connectivity index (χ4n) is 1.70. The number of carbonyl (C=O) groups is 1. The molecule has 0 aliphatic carbocycles. The summed E-state index contributed by atoms with van der Waals surface area (Å²) in [6.07, 6.45) is 0. The first kappa shape index (κ1) is 16.9. The molecule has 0 aliphatic heterocycles. The minimum atomic E-state index is -0.567. The second kappa shape index (κ2) is 8.18. The van der Waals surface area contributed by atoms with Gasteiger partial charge in [-0.2, -0.15) is 0 Å². The quantitative estimate of drug-likeness (QED) is 0.537. The second-order valence-electron chi connectivity index (χ2n) is 4.42. The van der Waals surface area contributed by atoms with Gasteiger partial charge in [0, 0.05) is 30.8 Å². The smallest absolute Gasteiger partial charge is 0.270 e. The number of rotatable bonds is 8. The number of methoxy groups -OCH3 is 1. The normalized spacial score (nSPS) is 11.8. The SMILES string of the molecule is COCC(C)NC(=O)COc1ccc([N+](=O)[O-])cc1CO. The molecule has 0 saturated heterocycles. The van der Waals surface area contributed by atoms with Gasteiger partial charge in [-0.3, -0.25) is 14.9 Å². The van der Waals surface area contributed by atoms with Crippen LogP contribution in [0.4, 0.5) is 5.69 Å². The molecule has 8 nitrogen and oxygen atoms in total. The van der Waals surface area contributed by atoms with Crippen molar-refractivity contribution >= 4 is 11.6 Å². The minimum absolute atomic E-state index is 0.149. The Balaban J connectivity index is 2.62. The predicted molar refractivity (Wildman–Crippen MR) is 74.0 cm³/mol. The summed E-state index contributed by atoms with van der Waals surface area (Å²) in [5.41, 5.74) is 0.103. The molecule has 0 saturated carbocycles. The van der Waals surface area contributed by atoms with E-state index in [1.165, 1.54) is 25.3 Å². The fraction of sp³-hybridized carbons (Fsp3) is 0.462. The number of nitro groups is 1. The van der Waals surface area contributed by atoms with Crippen LogP contribution in [0.3, 0.4) is 0 Å². The molecule has 1 aromatic carbocycles. The first-order chi connectivity index (χ1) is 9.97. The van der Waals surface area contributed by atoms with Gasteiger partial charge >= 0.3 is 0 Å². The molecule has 1 unspecified atom stereocenters. The van der Waals surface area contributed by atoms with E-state index in [9.17, 15) is 20.0 Å². The number of aliphatic hydroxyl groups excluding tert-OH is 1. The van der Waals surface area contributed by atoms with Gasteiger partial charge in [-0.15, -0.1) is 0 Å². The van der Waals surface area contributed by atoms with E-state index in [-0.39, 0.29) is 35.6 Å². The van der Waals surface area contributed by atoms with Crippen LogP contribution < -0.4 is 10.1 Å². The van der Waals surface area contributed by atoms with Gasteiger partial charge in [0.25, 0.3) is 11.6 Å². The zero-order valence-electron chi connectivity index (χ0n) is 11.9. The molecule has 0 aliphatic rings. The number of nitro benzene ring substituents is 1. The van der Waals surface area contributed by atoms with Crippen molar-refractivity contribution in [3.8, 4) is 5.75 Å². The lowest BCUT2D eigenvalue weighted by Crippen LogP contribution is -2.38. The monoisotopic (exact) mass is 298 g/mol. The standard InChI is InChI=1S/C13H18N2O6/c1-9(7-20-2)14-13(17)8-21-12-4-3-11(15(18)19)5-10(12)6-16/h3-5,9,16H,6-8H2,1-2H3,(H,14,17). The fourth-order valence-corrected chi connectivity index (χ4v) is 1.70. The number of hydrogen-bond acceptors (Lipinski definition) is 6. The van der Waals surface area contributed by atoms with Gasteiger partial charge in [-0.1, -0.05) is 0 Å². The number of aliphatic hydroxyl groups is 1. The van der Waals surface area contributed by atoms with Gasteiger partial charge in [0.15, 0.2) is 6.61 Å². The summed E-state index contributed by atoms with van der Waals surface area (Å²) in [6, 6.07) is 3.66. The highest BCUT2D eigenvalue weighted by atomic mass is 16.6. The summed E-state index contributed by atoms with van der Waals surface area (Å²) in [6.45, 7) is 1.50. The maximum Gasteiger partial charge on any atom is 0.270 e. The zero-order valence-corrected chi connectivity index (χ0v) is 11.9. The Morgan fingerprint density at radius 2 is 2.24 bits per heavy atom. The summed E-state index contributed by atoms with van der Waals surface area (Å²) in [5, 5.41) is 22.5. The van der Waals surface area contributed by atoms with Crippen LogP contribution in [0.5, 0.6) is 5.75 Å². The van der Waals surface area contributed by atoms with E-state index in [4.69, 9.17) is 9.47 Å². The molecular weight excluding hydrogens is 280 g/mol. The molecule has 1 amide bonds. The molecule has 116 valence electrons. The van der Waals surface area contributed by atoms with Gasteiger partial charge in [-0.25, -0.2) is 0 Å². The van der Waals surface area contributed by atoms with Crippen LogP contribution in [0.1, 0.15) is 12.5 Å². The third-order valence-corrected chi connectivity index (χ3v) is 2.61. The predicted octanol–water partition coefficient (Wildman–Crippen LogP) is 0.617. The Labute approximate surface area is 121 Å².